The van der Waals surface area contributed by atoms with Gasteiger partial charge in [-0.1, -0.05) is 19.1 Å². The Bertz CT molecular complexity index is 332. The van der Waals surface area contributed by atoms with Gasteiger partial charge in [0.25, 0.3) is 0 Å². The molecule has 0 amide bonds. The lowest BCUT2D eigenvalue weighted by Crippen LogP contribution is -2.03. The van der Waals surface area contributed by atoms with Crippen molar-refractivity contribution in [1.82, 2.24) is 15.0 Å². The highest BCUT2D eigenvalue weighted by Gasteiger charge is 2.37. The third-order valence-electron chi connectivity index (χ3n) is 2.65. The predicted octanol–water partition coefficient (Wildman–Crippen LogP) is 1.23. The van der Waals surface area contributed by atoms with Gasteiger partial charge >= 0.3 is 0 Å². The predicted molar refractivity (Wildman–Crippen MR) is 47.6 cm³/mol. The lowest BCUT2D eigenvalue weighted by Gasteiger charge is -2.01. The van der Waals surface area contributed by atoms with Gasteiger partial charge in [0.05, 0.1) is 11.7 Å². The first-order valence-corrected chi connectivity index (χ1v) is 4.67. The molecule has 0 radical (unpaired) electrons. The van der Waals surface area contributed by atoms with Gasteiger partial charge in [0, 0.05) is 0 Å². The molecule has 2 atom stereocenters. The van der Waals surface area contributed by atoms with Crippen LogP contribution < -0.4 is 0 Å². The van der Waals surface area contributed by atoms with Crippen molar-refractivity contribution in [3.8, 4) is 0 Å². The van der Waals surface area contributed by atoms with Gasteiger partial charge in [0.15, 0.2) is 6.29 Å². The molecule has 4 nitrogen and oxygen atoms in total. The maximum atomic E-state index is 10.6. The minimum absolute atomic E-state index is 0.483. The molecule has 0 aromatic carbocycles. The van der Waals surface area contributed by atoms with Gasteiger partial charge in [-0.25, -0.2) is 4.68 Å². The lowest BCUT2D eigenvalue weighted by atomic mass is 10.2. The molecule has 1 heterocycles. The number of nitrogens with zero attached hydrogens (tertiary/aromatic N) is 3. The van der Waals surface area contributed by atoms with Crippen LogP contribution in [0.25, 0.3) is 0 Å². The Balaban J connectivity index is 2.34. The van der Waals surface area contributed by atoms with Gasteiger partial charge in [-0.15, -0.1) is 5.10 Å². The van der Waals surface area contributed by atoms with Crippen LogP contribution in [-0.4, -0.2) is 21.3 Å². The van der Waals surface area contributed by atoms with Crippen LogP contribution in [0, 0.1) is 5.92 Å². The second-order valence-corrected chi connectivity index (χ2v) is 3.62. The first-order chi connectivity index (χ1) is 6.27. The summed E-state index contributed by atoms with van der Waals surface area (Å²) in [5.74, 6) is 0.687. The van der Waals surface area contributed by atoms with Crippen molar-refractivity contribution in [2.24, 2.45) is 5.92 Å². The van der Waals surface area contributed by atoms with E-state index < -0.39 is 0 Å². The van der Waals surface area contributed by atoms with Crippen LogP contribution in [0.15, 0.2) is 0 Å². The molecule has 0 spiro atoms. The topological polar surface area (TPSA) is 47.8 Å². The zero-order valence-electron chi connectivity index (χ0n) is 7.90. The van der Waals surface area contributed by atoms with Crippen LogP contribution in [0.5, 0.6) is 0 Å². The first-order valence-electron chi connectivity index (χ1n) is 4.67. The summed E-state index contributed by atoms with van der Waals surface area (Å²) in [6.07, 6.45) is 2.77. The zero-order chi connectivity index (χ0) is 9.42. The molecule has 1 aromatic heterocycles. The number of carbonyl (C=O) groups excluding carboxylic acids is 1. The van der Waals surface area contributed by atoms with Crippen molar-refractivity contribution in [3.63, 3.8) is 0 Å². The average molecular weight is 179 g/mol. The fourth-order valence-corrected chi connectivity index (χ4v) is 1.67. The van der Waals surface area contributed by atoms with Crippen LogP contribution in [-0.2, 0) is 6.42 Å². The molecule has 0 N–H and O–H groups in total. The van der Waals surface area contributed by atoms with Crippen LogP contribution in [0.4, 0.5) is 0 Å². The molecule has 2 unspecified atom stereocenters. The van der Waals surface area contributed by atoms with Gasteiger partial charge in [-0.3, -0.25) is 4.79 Å². The fraction of sp³-hybridized carbons (Fsp3) is 0.667. The Labute approximate surface area is 76.9 Å². The largest absolute Gasteiger partial charge is 0.296 e. The number of hydrogen-bond acceptors (Lipinski definition) is 3. The highest BCUT2D eigenvalue weighted by atomic mass is 16.1. The molecule has 13 heavy (non-hydrogen) atoms. The summed E-state index contributed by atoms with van der Waals surface area (Å²) >= 11 is 0. The van der Waals surface area contributed by atoms with Crippen molar-refractivity contribution < 1.29 is 4.79 Å². The summed E-state index contributed by atoms with van der Waals surface area (Å²) in [7, 11) is 0. The minimum atomic E-state index is 0.483. The van der Waals surface area contributed by atoms with Crippen LogP contribution in [0.3, 0.4) is 0 Å². The number of hydrogen-bond donors (Lipinski definition) is 0. The molecule has 1 aliphatic carbocycles. The van der Waals surface area contributed by atoms with E-state index in [2.05, 4.69) is 17.2 Å². The normalized spacial score (nSPS) is 26.0. The van der Waals surface area contributed by atoms with Crippen molar-refractivity contribution >= 4 is 6.29 Å². The molecule has 1 fully saturated rings. The molecule has 0 saturated heterocycles. The van der Waals surface area contributed by atoms with E-state index in [0.717, 1.165) is 24.8 Å². The van der Waals surface area contributed by atoms with Crippen LogP contribution in [0.2, 0.25) is 0 Å². The van der Waals surface area contributed by atoms with Crippen molar-refractivity contribution in [1.29, 1.82) is 0 Å². The van der Waals surface area contributed by atoms with Gasteiger partial charge < -0.3 is 0 Å². The summed E-state index contributed by atoms with van der Waals surface area (Å²) in [5.41, 5.74) is 1.48. The molecule has 1 aliphatic rings. The van der Waals surface area contributed by atoms with E-state index in [1.54, 1.807) is 0 Å². The number of aromatic nitrogens is 3. The molecule has 0 aliphatic heterocycles. The second-order valence-electron chi connectivity index (χ2n) is 3.62. The van der Waals surface area contributed by atoms with Crippen molar-refractivity contribution in [3.05, 3.63) is 11.4 Å². The van der Waals surface area contributed by atoms with Crippen molar-refractivity contribution in [2.45, 2.75) is 32.7 Å². The monoisotopic (exact) mass is 179 g/mol. The van der Waals surface area contributed by atoms with Gasteiger partial charge in [0.1, 0.15) is 5.69 Å². The molecule has 2 rings (SSSR count). The molecule has 4 heteroatoms. The molecule has 1 aromatic rings. The second kappa shape index (κ2) is 2.94. The maximum absolute atomic E-state index is 10.6. The van der Waals surface area contributed by atoms with Crippen molar-refractivity contribution in [2.75, 3.05) is 0 Å². The number of rotatable bonds is 3. The SMILES string of the molecule is CCc1c(C=O)nnn1C1CC1C. The molecule has 1 saturated carbocycles. The van der Waals surface area contributed by atoms with E-state index in [0.29, 0.717) is 17.7 Å². The Kier molecular flexibility index (Phi) is 1.90. The third-order valence-corrected chi connectivity index (χ3v) is 2.65. The van der Waals surface area contributed by atoms with Gasteiger partial charge in [-0.2, -0.15) is 0 Å². The van der Waals surface area contributed by atoms with Gasteiger partial charge in [-0.05, 0) is 18.8 Å². The van der Waals surface area contributed by atoms with E-state index in [4.69, 9.17) is 0 Å². The fourth-order valence-electron chi connectivity index (χ4n) is 1.67. The third kappa shape index (κ3) is 1.26. The zero-order valence-corrected chi connectivity index (χ0v) is 7.90. The van der Waals surface area contributed by atoms with Crippen LogP contribution in [0.1, 0.15) is 42.5 Å². The lowest BCUT2D eigenvalue weighted by molar-refractivity contribution is 0.111. The first kappa shape index (κ1) is 8.41. The van der Waals surface area contributed by atoms with E-state index >= 15 is 0 Å². The molecular weight excluding hydrogens is 166 g/mol. The van der Waals surface area contributed by atoms with E-state index in [1.165, 1.54) is 0 Å². The molecular formula is C9H13N3O. The van der Waals surface area contributed by atoms with E-state index in [9.17, 15) is 4.79 Å². The van der Waals surface area contributed by atoms with Crippen LogP contribution >= 0.6 is 0 Å². The summed E-state index contributed by atoms with van der Waals surface area (Å²) in [6, 6.07) is 0.483. The maximum Gasteiger partial charge on any atom is 0.172 e. The van der Waals surface area contributed by atoms with E-state index in [-0.39, 0.29) is 0 Å². The summed E-state index contributed by atoms with van der Waals surface area (Å²) in [5, 5.41) is 7.85. The quantitative estimate of drug-likeness (QED) is 0.656. The number of carbonyl (C=O) groups is 1. The summed E-state index contributed by atoms with van der Waals surface area (Å²) in [6.45, 7) is 4.21. The summed E-state index contributed by atoms with van der Waals surface area (Å²) < 4.78 is 1.91. The van der Waals surface area contributed by atoms with Gasteiger partial charge in [0.2, 0.25) is 0 Å². The minimum Gasteiger partial charge on any atom is -0.296 e. The Morgan fingerprint density at radius 2 is 2.38 bits per heavy atom. The highest BCUT2D eigenvalue weighted by molar-refractivity contribution is 5.73. The Morgan fingerprint density at radius 3 is 2.85 bits per heavy atom. The standard InChI is InChI=1S/C9H13N3O/c1-3-8-7(5-13)10-11-12(8)9-4-6(9)2/h5-6,9H,3-4H2,1-2H3. The smallest absolute Gasteiger partial charge is 0.172 e. The highest BCUT2D eigenvalue weighted by Crippen LogP contribution is 2.42. The number of aldehydes is 1. The average Bonchev–Trinajstić information content (AvgIpc) is 2.72. The molecule has 0 bridgehead atoms. The van der Waals surface area contributed by atoms with E-state index in [1.807, 2.05) is 11.6 Å². The Morgan fingerprint density at radius 1 is 1.69 bits per heavy atom. The molecule has 70 valence electrons. The summed E-state index contributed by atoms with van der Waals surface area (Å²) in [4.78, 5) is 10.6. The Hall–Kier alpha value is -1.19.